The van der Waals surface area contributed by atoms with E-state index in [4.69, 9.17) is 5.40 Å². The number of hydrogen-bond acceptors (Lipinski definition) is 1. The molecule has 0 spiro atoms. The molecular formula is C2H9NSi2. The minimum atomic E-state index is -0.407. The lowest BCUT2D eigenvalue weighted by atomic mass is 11.8. The summed E-state index contributed by atoms with van der Waals surface area (Å²) >= 11 is 0. The maximum Gasteiger partial charge on any atom is 0.0994 e. The Bertz CT molecular complexity index is 34.6. The van der Waals surface area contributed by atoms with Crippen molar-refractivity contribution >= 4 is 18.5 Å². The van der Waals surface area contributed by atoms with Crippen molar-refractivity contribution in [1.82, 2.24) is 0 Å². The Morgan fingerprint density at radius 2 is 2.00 bits per heavy atom. The van der Waals surface area contributed by atoms with E-state index in [0.717, 1.165) is 0 Å². The van der Waals surface area contributed by atoms with Crippen LogP contribution in [0, 0.1) is 0 Å². The monoisotopic (exact) mass is 103 g/mol. The van der Waals surface area contributed by atoms with E-state index in [1.807, 2.05) is 0 Å². The van der Waals surface area contributed by atoms with Crippen molar-refractivity contribution in [2.45, 2.75) is 11.3 Å². The van der Waals surface area contributed by atoms with Gasteiger partial charge in [0.1, 0.15) is 0 Å². The highest BCUT2D eigenvalue weighted by atomic mass is 28.4. The smallest absolute Gasteiger partial charge is 0.0994 e. The van der Waals surface area contributed by atoms with Crippen molar-refractivity contribution in [3.8, 4) is 0 Å². The summed E-state index contributed by atoms with van der Waals surface area (Å²) in [6, 6.07) is 0. The SMILES string of the molecule is N[SiH]1C[SiH2]C1. The topological polar surface area (TPSA) is 26.0 Å². The zero-order valence-electron chi connectivity index (χ0n) is 3.28. The Balaban J connectivity index is 2.08. The highest BCUT2D eigenvalue weighted by Crippen LogP contribution is 2.02. The van der Waals surface area contributed by atoms with E-state index in [-0.39, 0.29) is 0 Å². The lowest BCUT2D eigenvalue weighted by molar-refractivity contribution is 1.53. The second kappa shape index (κ2) is 1.24. The molecule has 1 aliphatic heterocycles. The summed E-state index contributed by atoms with van der Waals surface area (Å²) in [7, 11) is 0.0868. The van der Waals surface area contributed by atoms with Crippen LogP contribution in [-0.2, 0) is 0 Å². The van der Waals surface area contributed by atoms with Gasteiger partial charge in [-0.3, -0.25) is 0 Å². The van der Waals surface area contributed by atoms with Crippen molar-refractivity contribution in [2.24, 2.45) is 5.40 Å². The molecular weight excluding hydrogens is 94.2 g/mol. The fraction of sp³-hybridized carbons (Fsp3) is 1.00. The van der Waals surface area contributed by atoms with E-state index in [1.54, 1.807) is 11.3 Å². The van der Waals surface area contributed by atoms with Crippen LogP contribution in [0.2, 0.25) is 11.3 Å². The summed E-state index contributed by atoms with van der Waals surface area (Å²) in [5.74, 6) is 0. The Morgan fingerprint density at radius 3 is 2.00 bits per heavy atom. The van der Waals surface area contributed by atoms with E-state index < -0.39 is 8.96 Å². The van der Waals surface area contributed by atoms with Crippen LogP contribution in [0.1, 0.15) is 0 Å². The molecule has 1 nitrogen and oxygen atoms in total. The minimum absolute atomic E-state index is 0.407. The summed E-state index contributed by atoms with van der Waals surface area (Å²) in [5.41, 5.74) is 3.08. The fourth-order valence-corrected chi connectivity index (χ4v) is 3.96. The molecule has 2 N–H and O–H groups in total. The Morgan fingerprint density at radius 1 is 1.60 bits per heavy atom. The largest absolute Gasteiger partial charge is 0.353 e. The van der Waals surface area contributed by atoms with Crippen molar-refractivity contribution in [3.05, 3.63) is 0 Å². The van der Waals surface area contributed by atoms with Gasteiger partial charge in [0.15, 0.2) is 0 Å². The van der Waals surface area contributed by atoms with Crippen LogP contribution in [0.15, 0.2) is 0 Å². The van der Waals surface area contributed by atoms with Gasteiger partial charge in [0, 0.05) is 9.52 Å². The molecule has 0 saturated carbocycles. The fourth-order valence-electron chi connectivity index (χ4n) is 0.440. The second-order valence-corrected chi connectivity index (χ2v) is 8.54. The number of hydrogen-bond donors (Lipinski definition) is 1. The maximum absolute atomic E-state index is 5.55. The van der Waals surface area contributed by atoms with Gasteiger partial charge in [-0.2, -0.15) is 0 Å². The molecule has 1 rings (SSSR count). The van der Waals surface area contributed by atoms with Gasteiger partial charge in [0.2, 0.25) is 0 Å². The van der Waals surface area contributed by atoms with Gasteiger partial charge in [-0.15, -0.1) is 0 Å². The Hall–Kier alpha value is 0.394. The third-order valence-electron chi connectivity index (χ3n) is 1.15. The van der Waals surface area contributed by atoms with Crippen LogP contribution in [0.5, 0.6) is 0 Å². The molecule has 0 bridgehead atoms. The normalized spacial score (nSPS) is 41.4. The molecule has 1 aliphatic rings. The first kappa shape index (κ1) is 3.58. The molecule has 5 heavy (non-hydrogen) atoms. The van der Waals surface area contributed by atoms with Crippen LogP contribution in [0.3, 0.4) is 0 Å². The Labute approximate surface area is 36.1 Å². The van der Waals surface area contributed by atoms with Crippen molar-refractivity contribution < 1.29 is 0 Å². The molecule has 0 atom stereocenters. The summed E-state index contributed by atoms with van der Waals surface area (Å²) in [5, 5.41) is 5.55. The quantitative estimate of drug-likeness (QED) is 0.382. The summed E-state index contributed by atoms with van der Waals surface area (Å²) < 4.78 is 0. The number of rotatable bonds is 0. The first-order valence-electron chi connectivity index (χ1n) is 2.15. The van der Waals surface area contributed by atoms with E-state index in [1.165, 1.54) is 0 Å². The van der Waals surface area contributed by atoms with Gasteiger partial charge >= 0.3 is 0 Å². The Kier molecular flexibility index (Phi) is 0.886. The molecule has 1 saturated heterocycles. The van der Waals surface area contributed by atoms with Crippen LogP contribution >= 0.6 is 0 Å². The summed E-state index contributed by atoms with van der Waals surface area (Å²) in [4.78, 5) is 0. The van der Waals surface area contributed by atoms with Gasteiger partial charge in [-0.25, -0.2) is 0 Å². The molecule has 0 aromatic heterocycles. The van der Waals surface area contributed by atoms with Crippen LogP contribution in [0.25, 0.3) is 0 Å². The molecule has 0 unspecified atom stereocenters. The minimum Gasteiger partial charge on any atom is -0.353 e. The van der Waals surface area contributed by atoms with Crippen molar-refractivity contribution in [3.63, 3.8) is 0 Å². The van der Waals surface area contributed by atoms with Crippen molar-refractivity contribution in [1.29, 1.82) is 0 Å². The maximum atomic E-state index is 5.55. The predicted molar refractivity (Wildman–Crippen MR) is 29.5 cm³/mol. The van der Waals surface area contributed by atoms with Crippen molar-refractivity contribution in [2.75, 3.05) is 0 Å². The van der Waals surface area contributed by atoms with Crippen LogP contribution in [0.4, 0.5) is 0 Å². The molecule has 3 heteroatoms. The highest BCUT2D eigenvalue weighted by molar-refractivity contribution is 6.84. The summed E-state index contributed by atoms with van der Waals surface area (Å²) in [6.07, 6.45) is 0. The lowest BCUT2D eigenvalue weighted by Gasteiger charge is -2.15. The van der Waals surface area contributed by atoms with Gasteiger partial charge in [0.05, 0.1) is 8.96 Å². The molecule has 30 valence electrons. The third kappa shape index (κ3) is 0.616. The number of nitrogens with two attached hydrogens (primary N) is 1. The highest BCUT2D eigenvalue weighted by Gasteiger charge is 2.13. The first-order valence-corrected chi connectivity index (χ1v) is 6.45. The molecule has 0 aromatic carbocycles. The van der Waals surface area contributed by atoms with Gasteiger partial charge in [-0.1, -0.05) is 11.3 Å². The third-order valence-corrected chi connectivity index (χ3v) is 10.3. The summed E-state index contributed by atoms with van der Waals surface area (Å²) in [6.45, 7) is 0. The first-order chi connectivity index (χ1) is 2.39. The molecule has 0 radical (unpaired) electrons. The molecule has 1 fully saturated rings. The average Bonchev–Trinajstić information content (AvgIpc) is 1.30. The molecule has 1 heterocycles. The van der Waals surface area contributed by atoms with E-state index >= 15 is 0 Å². The van der Waals surface area contributed by atoms with E-state index in [2.05, 4.69) is 0 Å². The molecule has 0 aromatic rings. The zero-order valence-corrected chi connectivity index (χ0v) is 5.84. The van der Waals surface area contributed by atoms with E-state index in [9.17, 15) is 0 Å². The average molecular weight is 103 g/mol. The lowest BCUT2D eigenvalue weighted by Crippen LogP contribution is -2.38. The van der Waals surface area contributed by atoms with Crippen LogP contribution in [-0.4, -0.2) is 18.5 Å². The molecule has 0 aliphatic carbocycles. The molecule has 0 amide bonds. The second-order valence-electron chi connectivity index (χ2n) is 1.69. The van der Waals surface area contributed by atoms with E-state index in [0.29, 0.717) is 9.52 Å². The van der Waals surface area contributed by atoms with Gasteiger partial charge in [-0.05, 0) is 0 Å². The van der Waals surface area contributed by atoms with Gasteiger partial charge in [0.25, 0.3) is 0 Å². The zero-order chi connectivity index (χ0) is 3.70. The predicted octanol–water partition coefficient (Wildman–Crippen LogP) is -1.23. The standard InChI is InChI=1S/C2H9NSi2/c3-5-1-4-2-5/h5H,1-4H2. The van der Waals surface area contributed by atoms with Gasteiger partial charge < -0.3 is 5.40 Å². The van der Waals surface area contributed by atoms with Crippen LogP contribution < -0.4 is 5.40 Å².